The molecule has 118 valence electrons. The molecule has 4 N–H and O–H groups in total. The van der Waals surface area contributed by atoms with Gasteiger partial charge < -0.3 is 25.6 Å². The van der Waals surface area contributed by atoms with E-state index in [1.807, 2.05) is 13.8 Å². The van der Waals surface area contributed by atoms with Crippen LogP contribution in [0.2, 0.25) is 0 Å². The number of aliphatic hydroxyl groups is 1. The number of rotatable bonds is 8. The van der Waals surface area contributed by atoms with E-state index in [1.165, 1.54) is 7.11 Å². The van der Waals surface area contributed by atoms with Crippen molar-refractivity contribution in [2.24, 2.45) is 11.7 Å². The number of nitrogens with two attached hydrogens (primary N) is 1. The summed E-state index contributed by atoms with van der Waals surface area (Å²) in [5, 5.41) is 13.3. The number of hydrogen-bond donors (Lipinski definition) is 3. The van der Waals surface area contributed by atoms with E-state index in [9.17, 15) is 9.90 Å². The first-order chi connectivity index (χ1) is 9.90. The zero-order chi connectivity index (χ0) is 16.0. The van der Waals surface area contributed by atoms with Gasteiger partial charge in [0.1, 0.15) is 11.5 Å². The zero-order valence-corrected chi connectivity index (χ0v) is 12.9. The Bertz CT molecular complexity index is 477. The highest BCUT2D eigenvalue weighted by Gasteiger charge is 2.21. The number of ether oxygens (including phenoxy) is 2. The summed E-state index contributed by atoms with van der Waals surface area (Å²) in [5.41, 5.74) is 5.93. The molecule has 0 saturated heterocycles. The molecule has 0 radical (unpaired) electrons. The molecule has 1 aromatic carbocycles. The van der Waals surface area contributed by atoms with E-state index in [0.29, 0.717) is 17.1 Å². The number of amides is 1. The fraction of sp³-hybridized carbons (Fsp3) is 0.533. The molecule has 2 unspecified atom stereocenters. The highest BCUT2D eigenvalue weighted by molar-refractivity contribution is 5.80. The Labute approximate surface area is 125 Å². The van der Waals surface area contributed by atoms with Crippen molar-refractivity contribution in [1.29, 1.82) is 0 Å². The van der Waals surface area contributed by atoms with Crippen LogP contribution < -0.4 is 20.5 Å². The smallest absolute Gasteiger partial charge is 0.234 e. The number of carbonyl (C=O) groups excluding carboxylic acids is 1. The number of carbonyl (C=O) groups is 1. The van der Waals surface area contributed by atoms with Crippen molar-refractivity contribution >= 4 is 5.91 Å². The number of methoxy groups -OCH3 is 2. The van der Waals surface area contributed by atoms with Gasteiger partial charge in [-0.25, -0.2) is 0 Å². The van der Waals surface area contributed by atoms with Crippen LogP contribution in [0.5, 0.6) is 11.5 Å². The van der Waals surface area contributed by atoms with Crippen molar-refractivity contribution < 1.29 is 19.4 Å². The molecule has 0 aliphatic carbocycles. The minimum Gasteiger partial charge on any atom is -0.497 e. The summed E-state index contributed by atoms with van der Waals surface area (Å²) < 4.78 is 10.4. The van der Waals surface area contributed by atoms with E-state index in [-0.39, 0.29) is 12.5 Å². The third-order valence-electron chi connectivity index (χ3n) is 3.30. The maximum atomic E-state index is 11.3. The monoisotopic (exact) mass is 296 g/mol. The number of primary amides is 1. The van der Waals surface area contributed by atoms with E-state index in [1.54, 1.807) is 25.3 Å². The average molecular weight is 296 g/mol. The lowest BCUT2D eigenvalue weighted by Gasteiger charge is -2.22. The highest BCUT2D eigenvalue weighted by atomic mass is 16.5. The molecule has 2 atom stereocenters. The Balaban J connectivity index is 2.83. The molecular weight excluding hydrogens is 272 g/mol. The van der Waals surface area contributed by atoms with Gasteiger partial charge in [-0.3, -0.25) is 4.79 Å². The number of hydrogen-bond acceptors (Lipinski definition) is 5. The van der Waals surface area contributed by atoms with Gasteiger partial charge >= 0.3 is 0 Å². The van der Waals surface area contributed by atoms with E-state index < -0.39 is 18.1 Å². The molecule has 1 aromatic rings. The van der Waals surface area contributed by atoms with Crippen molar-refractivity contribution in [3.63, 3.8) is 0 Å². The van der Waals surface area contributed by atoms with Gasteiger partial charge in [0.25, 0.3) is 0 Å². The maximum absolute atomic E-state index is 11.3. The van der Waals surface area contributed by atoms with Crippen LogP contribution in [0.15, 0.2) is 18.2 Å². The fourth-order valence-electron chi connectivity index (χ4n) is 2.11. The van der Waals surface area contributed by atoms with Gasteiger partial charge in [-0.2, -0.15) is 0 Å². The average Bonchev–Trinajstić information content (AvgIpc) is 2.45. The Hall–Kier alpha value is -1.79. The Morgan fingerprint density at radius 2 is 2.00 bits per heavy atom. The minimum absolute atomic E-state index is 0.0434. The second-order valence-electron chi connectivity index (χ2n) is 5.16. The molecule has 6 nitrogen and oxygen atoms in total. The third kappa shape index (κ3) is 4.61. The summed E-state index contributed by atoms with van der Waals surface area (Å²) in [6, 6.07) is 4.70. The van der Waals surface area contributed by atoms with E-state index >= 15 is 0 Å². The standard InChI is InChI=1S/C15H24N2O4/c1-9(2)14(15(16)19)17-8-12(18)11-7-10(20-3)5-6-13(11)21-4/h5-7,9,12,14,17-18H,8H2,1-4H3,(H2,16,19). The summed E-state index contributed by atoms with van der Waals surface area (Å²) >= 11 is 0. The lowest BCUT2D eigenvalue weighted by molar-refractivity contribution is -0.121. The van der Waals surface area contributed by atoms with Crippen molar-refractivity contribution in [3.8, 4) is 11.5 Å². The Kier molecular flexibility index (Phi) is 6.45. The second-order valence-corrected chi connectivity index (χ2v) is 5.16. The van der Waals surface area contributed by atoms with Crippen LogP contribution in [-0.2, 0) is 4.79 Å². The van der Waals surface area contributed by atoms with Crippen molar-refractivity contribution in [2.45, 2.75) is 26.0 Å². The molecule has 1 rings (SSSR count). The van der Waals surface area contributed by atoms with Gasteiger partial charge in [0.2, 0.25) is 5.91 Å². The van der Waals surface area contributed by atoms with E-state index in [4.69, 9.17) is 15.2 Å². The third-order valence-corrected chi connectivity index (χ3v) is 3.30. The molecule has 0 aliphatic heterocycles. The summed E-state index contributed by atoms with van der Waals surface area (Å²) in [5.74, 6) is 0.794. The predicted octanol–water partition coefficient (Wildman–Crippen LogP) is 0.837. The molecule has 21 heavy (non-hydrogen) atoms. The molecule has 0 aliphatic rings. The second kappa shape index (κ2) is 7.85. The van der Waals surface area contributed by atoms with Gasteiger partial charge in [0, 0.05) is 12.1 Å². The van der Waals surface area contributed by atoms with Gasteiger partial charge in [-0.15, -0.1) is 0 Å². The first-order valence-corrected chi connectivity index (χ1v) is 6.83. The molecule has 1 amide bonds. The van der Waals surface area contributed by atoms with Crippen LogP contribution in [0.3, 0.4) is 0 Å². The Morgan fingerprint density at radius 3 is 2.48 bits per heavy atom. The van der Waals surface area contributed by atoms with E-state index in [2.05, 4.69) is 5.32 Å². The molecule has 0 fully saturated rings. The number of aliphatic hydroxyl groups excluding tert-OH is 1. The SMILES string of the molecule is COc1ccc(OC)c(C(O)CNC(C(N)=O)C(C)C)c1. The van der Waals surface area contributed by atoms with Crippen molar-refractivity contribution in [3.05, 3.63) is 23.8 Å². The van der Waals surface area contributed by atoms with E-state index in [0.717, 1.165) is 0 Å². The van der Waals surface area contributed by atoms with Crippen LogP contribution in [0.25, 0.3) is 0 Å². The molecule has 6 heteroatoms. The largest absolute Gasteiger partial charge is 0.497 e. The molecule has 0 bridgehead atoms. The predicted molar refractivity (Wildman–Crippen MR) is 80.3 cm³/mol. The van der Waals surface area contributed by atoms with Crippen LogP contribution in [0.1, 0.15) is 25.5 Å². The number of benzene rings is 1. The molecule has 0 spiro atoms. The molecule has 0 heterocycles. The topological polar surface area (TPSA) is 93.8 Å². The fourth-order valence-corrected chi connectivity index (χ4v) is 2.11. The van der Waals surface area contributed by atoms with Gasteiger partial charge in [0.15, 0.2) is 0 Å². The van der Waals surface area contributed by atoms with Crippen LogP contribution in [0.4, 0.5) is 0 Å². The minimum atomic E-state index is -0.837. The van der Waals surface area contributed by atoms with Crippen LogP contribution >= 0.6 is 0 Å². The van der Waals surface area contributed by atoms with Crippen LogP contribution in [-0.4, -0.2) is 37.8 Å². The van der Waals surface area contributed by atoms with Crippen molar-refractivity contribution in [1.82, 2.24) is 5.32 Å². The highest BCUT2D eigenvalue weighted by Crippen LogP contribution is 2.29. The first kappa shape index (κ1) is 17.3. The van der Waals surface area contributed by atoms with Gasteiger partial charge in [0.05, 0.1) is 26.4 Å². The lowest BCUT2D eigenvalue weighted by Crippen LogP contribution is -2.46. The molecule has 0 aromatic heterocycles. The summed E-state index contributed by atoms with van der Waals surface area (Å²) in [7, 11) is 3.09. The van der Waals surface area contributed by atoms with Crippen molar-refractivity contribution in [2.75, 3.05) is 20.8 Å². The first-order valence-electron chi connectivity index (χ1n) is 6.83. The Morgan fingerprint density at radius 1 is 1.33 bits per heavy atom. The lowest BCUT2D eigenvalue weighted by atomic mass is 10.0. The summed E-state index contributed by atoms with van der Waals surface area (Å²) in [6.45, 7) is 3.97. The maximum Gasteiger partial charge on any atom is 0.234 e. The zero-order valence-electron chi connectivity index (χ0n) is 12.9. The quantitative estimate of drug-likeness (QED) is 0.661. The normalized spacial score (nSPS) is 13.8. The summed E-state index contributed by atoms with van der Waals surface area (Å²) in [6.07, 6.45) is -0.837. The number of nitrogens with one attached hydrogen (secondary N) is 1. The van der Waals surface area contributed by atoms with Gasteiger partial charge in [-0.05, 0) is 24.1 Å². The van der Waals surface area contributed by atoms with Crippen LogP contribution in [0, 0.1) is 5.92 Å². The molecule has 0 saturated carbocycles. The van der Waals surface area contributed by atoms with Gasteiger partial charge in [-0.1, -0.05) is 13.8 Å². The summed E-state index contributed by atoms with van der Waals surface area (Å²) in [4.78, 5) is 11.3. The molecular formula is C15H24N2O4.